The summed E-state index contributed by atoms with van der Waals surface area (Å²) in [5.74, 6) is -6.47. The van der Waals surface area contributed by atoms with Crippen LogP contribution in [0.1, 0.15) is 33.6 Å². The number of hydrogen-bond donors (Lipinski definition) is 4. The Balaban J connectivity index is 2.68. The van der Waals surface area contributed by atoms with Crippen LogP contribution in [0.4, 0.5) is 0 Å². The van der Waals surface area contributed by atoms with Crippen molar-refractivity contribution in [3.05, 3.63) is 35.4 Å². The molecule has 1 aromatic carbocycles. The molecule has 4 N–H and O–H groups in total. The van der Waals surface area contributed by atoms with E-state index in [2.05, 4.69) is 0 Å². The van der Waals surface area contributed by atoms with Crippen LogP contribution < -0.4 is 10.6 Å². The molecule has 10 heteroatoms. The summed E-state index contributed by atoms with van der Waals surface area (Å²) in [5, 5.41) is 20.5. The first-order valence-corrected chi connectivity index (χ1v) is 6.41. The molecule has 0 aromatic heterocycles. The molecule has 0 radical (unpaired) electrons. The van der Waals surface area contributed by atoms with E-state index >= 15 is 0 Å². The van der Waals surface area contributed by atoms with E-state index in [-0.39, 0.29) is 11.1 Å². The van der Waals surface area contributed by atoms with Gasteiger partial charge in [-0.2, -0.15) is 0 Å². The summed E-state index contributed by atoms with van der Waals surface area (Å²) in [6.45, 7) is 0. The van der Waals surface area contributed by atoms with Crippen LogP contribution in [0.3, 0.4) is 0 Å². The maximum absolute atomic E-state index is 11.7. The summed E-state index contributed by atoms with van der Waals surface area (Å²) in [7, 11) is 0. The van der Waals surface area contributed by atoms with E-state index in [4.69, 9.17) is 10.2 Å². The van der Waals surface area contributed by atoms with Crippen LogP contribution in [0, 0.1) is 0 Å². The van der Waals surface area contributed by atoms with Gasteiger partial charge in [0.1, 0.15) is 12.8 Å². The van der Waals surface area contributed by atoms with Crippen LogP contribution in [-0.2, 0) is 19.2 Å². The van der Waals surface area contributed by atoms with E-state index in [9.17, 15) is 28.8 Å². The zero-order valence-electron chi connectivity index (χ0n) is 12.1. The van der Waals surface area contributed by atoms with Crippen LogP contribution in [0.25, 0.3) is 0 Å². The van der Waals surface area contributed by atoms with Crippen molar-refractivity contribution in [2.24, 2.45) is 0 Å². The molecular weight excluding hydrogens is 324 g/mol. The quantitative estimate of drug-likeness (QED) is 0.487. The van der Waals surface area contributed by atoms with Gasteiger partial charge in [0.15, 0.2) is 0 Å². The highest BCUT2D eigenvalue weighted by Gasteiger charge is 2.16. The third kappa shape index (κ3) is 6.05. The lowest BCUT2D eigenvalue weighted by atomic mass is 10.1. The maximum atomic E-state index is 11.7. The number of rotatable bonds is 6. The number of imide groups is 2. The highest BCUT2D eigenvalue weighted by atomic mass is 16.4. The molecule has 1 rings (SSSR count). The number of hydrogen-bond acceptors (Lipinski definition) is 6. The van der Waals surface area contributed by atoms with Crippen molar-refractivity contribution in [3.63, 3.8) is 0 Å². The monoisotopic (exact) mass is 336 g/mol. The summed E-state index contributed by atoms with van der Waals surface area (Å²) in [4.78, 5) is 66.3. The Kier molecular flexibility index (Phi) is 6.30. The van der Waals surface area contributed by atoms with Crippen molar-refractivity contribution < 1.29 is 39.0 Å². The van der Waals surface area contributed by atoms with Crippen LogP contribution >= 0.6 is 0 Å². The zero-order valence-corrected chi connectivity index (χ0v) is 12.1. The summed E-state index contributed by atoms with van der Waals surface area (Å²) < 4.78 is 0. The van der Waals surface area contributed by atoms with Gasteiger partial charge in [-0.05, 0) is 24.3 Å². The molecule has 0 aliphatic carbocycles. The van der Waals surface area contributed by atoms with Gasteiger partial charge in [-0.25, -0.2) is 0 Å². The molecular formula is C14H12N2O8. The van der Waals surface area contributed by atoms with E-state index in [1.165, 1.54) is 24.3 Å². The summed E-state index contributed by atoms with van der Waals surface area (Å²) in [5.41, 5.74) is -0.0238. The summed E-state index contributed by atoms with van der Waals surface area (Å²) in [6.07, 6.45) is -1.73. The molecule has 0 saturated heterocycles. The molecule has 126 valence electrons. The number of nitrogens with one attached hydrogen (secondary N) is 2. The Morgan fingerprint density at radius 3 is 1.21 bits per heavy atom. The molecule has 0 spiro atoms. The van der Waals surface area contributed by atoms with E-state index in [1.807, 2.05) is 10.6 Å². The molecule has 1 aromatic rings. The molecule has 0 fully saturated rings. The Labute approximate surface area is 134 Å². The number of carboxylic acids is 2. The minimum absolute atomic E-state index is 0.0119. The molecule has 0 aliphatic heterocycles. The van der Waals surface area contributed by atoms with Gasteiger partial charge in [-0.3, -0.25) is 39.4 Å². The molecule has 10 nitrogen and oxygen atoms in total. The third-order valence-electron chi connectivity index (χ3n) is 2.54. The highest BCUT2D eigenvalue weighted by molar-refractivity contribution is 6.10. The van der Waals surface area contributed by atoms with E-state index < -0.39 is 48.4 Å². The smallest absolute Gasteiger partial charge is 0.312 e. The Morgan fingerprint density at radius 1 is 0.667 bits per heavy atom. The highest BCUT2D eigenvalue weighted by Crippen LogP contribution is 2.05. The molecule has 0 aliphatic rings. The topological polar surface area (TPSA) is 167 Å². The number of carbonyl (C=O) groups excluding carboxylic acids is 4. The number of benzene rings is 1. The van der Waals surface area contributed by atoms with Gasteiger partial charge in [0, 0.05) is 11.1 Å². The van der Waals surface area contributed by atoms with Crippen LogP contribution in [0.15, 0.2) is 24.3 Å². The molecule has 0 saturated carbocycles. The first-order valence-electron chi connectivity index (χ1n) is 6.41. The van der Waals surface area contributed by atoms with E-state index in [0.717, 1.165) is 0 Å². The molecule has 4 amide bonds. The summed E-state index contributed by atoms with van der Waals surface area (Å²) in [6, 6.07) is 4.72. The Bertz CT molecular complexity index is 647. The number of carboxylic acid groups (broad SMARTS) is 2. The standard InChI is InChI=1S/C14H12N2O8/c17-9(5-11(19)20)15-13(23)7-1-2-8(4-3-7)14(24)16-10(18)6-12(21)22/h1-4H,5-6H2,(H,19,20)(H,21,22)(H,15,17,23)(H,16,18,24). The Hall–Kier alpha value is -3.56. The van der Waals surface area contributed by atoms with E-state index in [0.29, 0.717) is 0 Å². The van der Waals surface area contributed by atoms with Gasteiger partial charge in [0.05, 0.1) is 0 Å². The van der Waals surface area contributed by atoms with Crippen molar-refractivity contribution in [1.29, 1.82) is 0 Å². The lowest BCUT2D eigenvalue weighted by Crippen LogP contribution is -2.32. The summed E-state index contributed by atoms with van der Waals surface area (Å²) >= 11 is 0. The predicted octanol–water partition coefficient (Wildman–Crippen LogP) is -0.851. The molecule has 24 heavy (non-hydrogen) atoms. The first-order chi connectivity index (χ1) is 11.2. The average Bonchev–Trinajstić information content (AvgIpc) is 2.45. The fraction of sp³-hybridized carbons (Fsp3) is 0.143. The molecule has 0 heterocycles. The van der Waals surface area contributed by atoms with Crippen molar-refractivity contribution >= 4 is 35.6 Å². The molecule has 0 bridgehead atoms. The minimum Gasteiger partial charge on any atom is -0.481 e. The predicted molar refractivity (Wildman–Crippen MR) is 75.9 cm³/mol. The van der Waals surface area contributed by atoms with Crippen molar-refractivity contribution in [2.75, 3.05) is 0 Å². The zero-order chi connectivity index (χ0) is 18.3. The maximum Gasteiger partial charge on any atom is 0.312 e. The number of aliphatic carboxylic acids is 2. The Morgan fingerprint density at radius 2 is 0.958 bits per heavy atom. The van der Waals surface area contributed by atoms with Gasteiger partial charge < -0.3 is 10.2 Å². The van der Waals surface area contributed by atoms with Gasteiger partial charge in [-0.15, -0.1) is 0 Å². The molecule has 0 atom stereocenters. The normalized spacial score (nSPS) is 9.67. The van der Waals surface area contributed by atoms with Crippen LogP contribution in [0.2, 0.25) is 0 Å². The fourth-order valence-electron chi connectivity index (χ4n) is 1.53. The van der Waals surface area contributed by atoms with Crippen LogP contribution in [0.5, 0.6) is 0 Å². The van der Waals surface area contributed by atoms with Gasteiger partial charge in [0.2, 0.25) is 11.8 Å². The average molecular weight is 336 g/mol. The molecule has 0 unspecified atom stereocenters. The van der Waals surface area contributed by atoms with Crippen molar-refractivity contribution in [2.45, 2.75) is 12.8 Å². The number of carbonyl (C=O) groups is 6. The van der Waals surface area contributed by atoms with Gasteiger partial charge in [-0.1, -0.05) is 0 Å². The van der Waals surface area contributed by atoms with Gasteiger partial charge in [0.25, 0.3) is 11.8 Å². The third-order valence-corrected chi connectivity index (χ3v) is 2.54. The van der Waals surface area contributed by atoms with E-state index in [1.54, 1.807) is 0 Å². The van der Waals surface area contributed by atoms with Crippen molar-refractivity contribution in [1.82, 2.24) is 10.6 Å². The van der Waals surface area contributed by atoms with Crippen LogP contribution in [-0.4, -0.2) is 45.8 Å². The lowest BCUT2D eigenvalue weighted by Gasteiger charge is -2.05. The second-order valence-corrected chi connectivity index (χ2v) is 4.47. The minimum atomic E-state index is -1.39. The second kappa shape index (κ2) is 8.17. The van der Waals surface area contributed by atoms with Gasteiger partial charge >= 0.3 is 11.9 Å². The SMILES string of the molecule is O=C(O)CC(=O)NC(=O)c1ccc(C(=O)NC(=O)CC(=O)O)cc1. The fourth-order valence-corrected chi connectivity index (χ4v) is 1.53. The number of amides is 4. The second-order valence-electron chi connectivity index (χ2n) is 4.47. The van der Waals surface area contributed by atoms with Crippen molar-refractivity contribution in [3.8, 4) is 0 Å². The largest absolute Gasteiger partial charge is 0.481 e. The first kappa shape index (κ1) is 18.5. The lowest BCUT2D eigenvalue weighted by molar-refractivity contribution is -0.142.